The summed E-state index contributed by atoms with van der Waals surface area (Å²) in [5, 5.41) is 5.13. The van der Waals surface area contributed by atoms with Gasteiger partial charge in [-0.3, -0.25) is 10.1 Å². The molecule has 3 amide bonds. The maximum Gasteiger partial charge on any atom is 0.318 e. The second-order valence-corrected chi connectivity index (χ2v) is 4.50. The van der Waals surface area contributed by atoms with Gasteiger partial charge in [0.25, 0.3) is 0 Å². The third kappa shape index (κ3) is 3.67. The predicted octanol–water partition coefficient (Wildman–Crippen LogP) is 1.11. The molecule has 1 aliphatic heterocycles. The van der Waals surface area contributed by atoms with Gasteiger partial charge in [-0.1, -0.05) is 11.6 Å². The molecule has 0 aliphatic carbocycles. The SMILES string of the molecule is NC(=O)NC(=O)CNc1cc2c(cc1Cl)OCCCO2. The van der Waals surface area contributed by atoms with Crippen molar-refractivity contribution < 1.29 is 19.1 Å². The maximum absolute atomic E-state index is 11.3. The molecule has 1 aromatic carbocycles. The van der Waals surface area contributed by atoms with Crippen LogP contribution in [0.15, 0.2) is 12.1 Å². The third-order valence-electron chi connectivity index (χ3n) is 2.54. The van der Waals surface area contributed by atoms with E-state index in [2.05, 4.69) is 5.32 Å². The summed E-state index contributed by atoms with van der Waals surface area (Å²) in [4.78, 5) is 21.8. The summed E-state index contributed by atoms with van der Waals surface area (Å²) < 4.78 is 11.0. The first-order chi connectivity index (χ1) is 9.56. The number of halogens is 1. The molecule has 0 aromatic heterocycles. The van der Waals surface area contributed by atoms with Gasteiger partial charge in [0.05, 0.1) is 30.5 Å². The van der Waals surface area contributed by atoms with Crippen LogP contribution in [0.4, 0.5) is 10.5 Å². The molecule has 20 heavy (non-hydrogen) atoms. The number of amides is 3. The highest BCUT2D eigenvalue weighted by Crippen LogP contribution is 2.37. The molecule has 1 heterocycles. The highest BCUT2D eigenvalue weighted by Gasteiger charge is 2.14. The number of hydrogen-bond donors (Lipinski definition) is 3. The number of ether oxygens (including phenoxy) is 2. The van der Waals surface area contributed by atoms with E-state index < -0.39 is 11.9 Å². The average Bonchev–Trinajstić information content (AvgIpc) is 2.60. The first-order valence-electron chi connectivity index (χ1n) is 5.98. The fourth-order valence-electron chi connectivity index (χ4n) is 1.68. The van der Waals surface area contributed by atoms with Crippen molar-refractivity contribution in [3.05, 3.63) is 17.2 Å². The Morgan fingerprint density at radius 1 is 1.25 bits per heavy atom. The smallest absolute Gasteiger partial charge is 0.318 e. The van der Waals surface area contributed by atoms with Gasteiger partial charge >= 0.3 is 6.03 Å². The van der Waals surface area contributed by atoms with Crippen LogP contribution in [0, 0.1) is 0 Å². The zero-order chi connectivity index (χ0) is 14.5. The van der Waals surface area contributed by atoms with Gasteiger partial charge in [-0.2, -0.15) is 0 Å². The number of anilines is 1. The number of carbonyl (C=O) groups is 2. The molecular weight excluding hydrogens is 286 g/mol. The lowest BCUT2D eigenvalue weighted by molar-refractivity contribution is -0.118. The number of primary amides is 1. The molecule has 1 aliphatic rings. The lowest BCUT2D eigenvalue weighted by Gasteiger charge is -2.12. The summed E-state index contributed by atoms with van der Waals surface area (Å²) >= 11 is 6.08. The molecule has 1 aromatic rings. The Bertz CT molecular complexity index is 536. The van der Waals surface area contributed by atoms with E-state index in [0.717, 1.165) is 6.42 Å². The molecular formula is C12H14ClN3O4. The molecule has 2 rings (SSSR count). The van der Waals surface area contributed by atoms with Crippen LogP contribution in [0.1, 0.15) is 6.42 Å². The molecule has 0 fully saturated rings. The second kappa shape index (κ2) is 6.33. The number of carbonyl (C=O) groups excluding carboxylic acids is 2. The van der Waals surface area contributed by atoms with Crippen molar-refractivity contribution in [2.24, 2.45) is 5.73 Å². The summed E-state index contributed by atoms with van der Waals surface area (Å²) in [6.45, 7) is 0.982. The number of urea groups is 1. The molecule has 7 nitrogen and oxygen atoms in total. The van der Waals surface area contributed by atoms with Crippen molar-refractivity contribution >= 4 is 29.2 Å². The van der Waals surface area contributed by atoms with Gasteiger partial charge < -0.3 is 20.5 Å². The third-order valence-corrected chi connectivity index (χ3v) is 2.85. The van der Waals surface area contributed by atoms with Crippen molar-refractivity contribution in [3.8, 4) is 11.5 Å². The van der Waals surface area contributed by atoms with E-state index in [0.29, 0.717) is 35.4 Å². The first kappa shape index (κ1) is 14.3. The maximum atomic E-state index is 11.3. The van der Waals surface area contributed by atoms with Crippen LogP contribution in [-0.4, -0.2) is 31.7 Å². The molecule has 0 saturated carbocycles. The van der Waals surface area contributed by atoms with Crippen LogP contribution in [0.25, 0.3) is 0 Å². The van der Waals surface area contributed by atoms with Gasteiger partial charge in [-0.15, -0.1) is 0 Å². The van der Waals surface area contributed by atoms with Crippen molar-refractivity contribution in [2.45, 2.75) is 6.42 Å². The van der Waals surface area contributed by atoms with Crippen molar-refractivity contribution in [1.82, 2.24) is 5.32 Å². The minimum atomic E-state index is -0.901. The fourth-order valence-corrected chi connectivity index (χ4v) is 1.90. The fraction of sp³-hybridized carbons (Fsp3) is 0.333. The molecule has 0 atom stereocenters. The lowest BCUT2D eigenvalue weighted by Crippen LogP contribution is -2.38. The number of nitrogens with one attached hydrogen (secondary N) is 2. The van der Waals surface area contributed by atoms with Crippen LogP contribution in [-0.2, 0) is 4.79 Å². The highest BCUT2D eigenvalue weighted by molar-refractivity contribution is 6.33. The topological polar surface area (TPSA) is 103 Å². The number of rotatable bonds is 3. The standard InChI is InChI=1S/C12H14ClN3O4/c13-7-4-9-10(20-3-1-2-19-9)5-8(7)15-6-11(17)16-12(14)18/h4-5,15H,1-3,6H2,(H3,14,16,17,18). The Balaban J connectivity index is 2.06. The largest absolute Gasteiger partial charge is 0.490 e. The van der Waals surface area contributed by atoms with Crippen LogP contribution >= 0.6 is 11.6 Å². The van der Waals surface area contributed by atoms with E-state index in [1.165, 1.54) is 0 Å². The van der Waals surface area contributed by atoms with Gasteiger partial charge in [0.15, 0.2) is 11.5 Å². The van der Waals surface area contributed by atoms with Crippen LogP contribution < -0.4 is 25.8 Å². The van der Waals surface area contributed by atoms with E-state index in [1.54, 1.807) is 12.1 Å². The Morgan fingerprint density at radius 3 is 2.55 bits per heavy atom. The number of benzene rings is 1. The average molecular weight is 300 g/mol. The quantitative estimate of drug-likeness (QED) is 0.776. The Labute approximate surface area is 120 Å². The zero-order valence-corrected chi connectivity index (χ0v) is 11.3. The van der Waals surface area contributed by atoms with E-state index in [9.17, 15) is 9.59 Å². The van der Waals surface area contributed by atoms with Crippen LogP contribution in [0.3, 0.4) is 0 Å². The van der Waals surface area contributed by atoms with Gasteiger partial charge in [0.1, 0.15) is 0 Å². The van der Waals surface area contributed by atoms with Crippen molar-refractivity contribution in [3.63, 3.8) is 0 Å². The lowest BCUT2D eigenvalue weighted by atomic mass is 10.2. The van der Waals surface area contributed by atoms with Crippen molar-refractivity contribution in [2.75, 3.05) is 25.1 Å². The molecule has 0 radical (unpaired) electrons. The number of imide groups is 1. The number of fused-ring (bicyclic) bond motifs is 1. The monoisotopic (exact) mass is 299 g/mol. The van der Waals surface area contributed by atoms with Gasteiger partial charge in [0, 0.05) is 18.6 Å². The summed E-state index contributed by atoms with van der Waals surface area (Å²) in [6.07, 6.45) is 0.788. The molecule has 0 unspecified atom stereocenters. The summed E-state index contributed by atoms with van der Waals surface area (Å²) in [5.74, 6) is 0.574. The summed E-state index contributed by atoms with van der Waals surface area (Å²) in [6, 6.07) is 2.37. The van der Waals surface area contributed by atoms with Gasteiger partial charge in [0.2, 0.25) is 5.91 Å². The Morgan fingerprint density at radius 2 is 1.90 bits per heavy atom. The van der Waals surface area contributed by atoms with E-state index in [-0.39, 0.29) is 6.54 Å². The Hall–Kier alpha value is -2.15. The zero-order valence-electron chi connectivity index (χ0n) is 10.6. The Kier molecular flexibility index (Phi) is 4.52. The van der Waals surface area contributed by atoms with Gasteiger partial charge in [-0.05, 0) is 0 Å². The minimum Gasteiger partial charge on any atom is -0.490 e. The predicted molar refractivity (Wildman–Crippen MR) is 73.3 cm³/mol. The van der Waals surface area contributed by atoms with Gasteiger partial charge in [-0.25, -0.2) is 4.79 Å². The molecule has 8 heteroatoms. The molecule has 0 spiro atoms. The number of nitrogens with two attached hydrogens (primary N) is 1. The summed E-state index contributed by atoms with van der Waals surface area (Å²) in [5.41, 5.74) is 5.35. The molecule has 0 bridgehead atoms. The molecule has 4 N–H and O–H groups in total. The highest BCUT2D eigenvalue weighted by atomic mass is 35.5. The summed E-state index contributed by atoms with van der Waals surface area (Å²) in [7, 11) is 0. The molecule has 0 saturated heterocycles. The molecule has 108 valence electrons. The van der Waals surface area contributed by atoms with E-state index >= 15 is 0 Å². The minimum absolute atomic E-state index is 0.137. The normalized spacial score (nSPS) is 13.2. The second-order valence-electron chi connectivity index (χ2n) is 4.10. The van der Waals surface area contributed by atoms with E-state index in [4.69, 9.17) is 26.8 Å². The number of hydrogen-bond acceptors (Lipinski definition) is 5. The van der Waals surface area contributed by atoms with Crippen molar-refractivity contribution in [1.29, 1.82) is 0 Å². The van der Waals surface area contributed by atoms with Crippen LogP contribution in [0.5, 0.6) is 11.5 Å². The first-order valence-corrected chi connectivity index (χ1v) is 6.36. The van der Waals surface area contributed by atoms with E-state index in [1.807, 2.05) is 5.32 Å². The van der Waals surface area contributed by atoms with Crippen LogP contribution in [0.2, 0.25) is 5.02 Å².